The molecule has 2 heterocycles. The van der Waals surface area contributed by atoms with Crippen LogP contribution in [0.2, 0.25) is 0 Å². The molecular weight excluding hydrogens is 370 g/mol. The van der Waals surface area contributed by atoms with Crippen molar-refractivity contribution in [1.29, 1.82) is 0 Å². The van der Waals surface area contributed by atoms with Gasteiger partial charge in [-0.1, -0.05) is 13.8 Å². The lowest BCUT2D eigenvalue weighted by Gasteiger charge is -2.35. The number of likely N-dealkylation sites (N-methyl/N-ethyl adjacent to an activating group) is 1. The Balaban J connectivity index is 1.77. The number of nitrogens with zero attached hydrogens (tertiary/aromatic N) is 2. The molecule has 1 fully saturated rings. The third kappa shape index (κ3) is 4.72. The Morgan fingerprint density at radius 3 is 2.48 bits per heavy atom. The molecule has 8 nitrogen and oxygen atoms in total. The van der Waals surface area contributed by atoms with Crippen LogP contribution in [0.1, 0.15) is 20.3 Å². The van der Waals surface area contributed by atoms with E-state index in [-0.39, 0.29) is 23.5 Å². The average molecular weight is 397 g/mol. The highest BCUT2D eigenvalue weighted by molar-refractivity contribution is 7.89. The van der Waals surface area contributed by atoms with Crippen molar-refractivity contribution >= 4 is 15.9 Å². The van der Waals surface area contributed by atoms with Gasteiger partial charge in [0.05, 0.1) is 4.90 Å². The molecule has 2 aliphatic rings. The van der Waals surface area contributed by atoms with Gasteiger partial charge in [0.1, 0.15) is 6.04 Å². The fourth-order valence-electron chi connectivity index (χ4n) is 3.22. The molecule has 0 aromatic heterocycles. The van der Waals surface area contributed by atoms with Gasteiger partial charge in [0.15, 0.2) is 11.5 Å². The topological polar surface area (TPSA) is 88.2 Å². The number of benzene rings is 1. The van der Waals surface area contributed by atoms with Crippen LogP contribution in [-0.2, 0) is 14.8 Å². The van der Waals surface area contributed by atoms with Crippen molar-refractivity contribution in [1.82, 2.24) is 14.5 Å². The fraction of sp³-hybridized carbons (Fsp3) is 0.611. The predicted octanol–water partition coefficient (Wildman–Crippen LogP) is 0.882. The highest BCUT2D eigenvalue weighted by atomic mass is 32.2. The molecule has 1 amide bonds. The first-order valence-corrected chi connectivity index (χ1v) is 10.6. The molecule has 1 aromatic rings. The number of amides is 1. The summed E-state index contributed by atoms with van der Waals surface area (Å²) in [6.07, 6.45) is 0.439. The third-order valence-corrected chi connectivity index (χ3v) is 6.24. The van der Waals surface area contributed by atoms with Crippen LogP contribution in [0.4, 0.5) is 0 Å². The molecule has 1 N–H and O–H groups in total. The number of hydrogen-bond donors (Lipinski definition) is 1. The van der Waals surface area contributed by atoms with E-state index in [0.29, 0.717) is 31.0 Å². The third-order valence-electron chi connectivity index (χ3n) is 4.77. The molecule has 1 saturated heterocycles. The molecule has 1 atom stereocenters. The van der Waals surface area contributed by atoms with Gasteiger partial charge in [-0.3, -0.25) is 4.79 Å². The zero-order chi connectivity index (χ0) is 19.6. The van der Waals surface area contributed by atoms with Crippen LogP contribution in [0.5, 0.6) is 11.5 Å². The Morgan fingerprint density at radius 1 is 1.15 bits per heavy atom. The first-order valence-electron chi connectivity index (χ1n) is 9.15. The standard InChI is InChI=1S/C18H27N3O5S/c1-13(2)10-15(18(22)21-8-6-20(3)7-9-21)19-27(23,24)14-4-5-16-17(11-14)26-12-25-16/h4-5,11,13,15,19H,6-10,12H2,1-3H3/t15-/m0/s1. The van der Waals surface area contributed by atoms with E-state index in [0.717, 1.165) is 13.1 Å². The summed E-state index contributed by atoms with van der Waals surface area (Å²) < 4.78 is 38.9. The number of sulfonamides is 1. The Kier molecular flexibility index (Phi) is 5.92. The predicted molar refractivity (Wildman–Crippen MR) is 100 cm³/mol. The van der Waals surface area contributed by atoms with E-state index in [1.807, 2.05) is 20.9 Å². The molecule has 0 bridgehead atoms. The van der Waals surface area contributed by atoms with E-state index < -0.39 is 16.1 Å². The minimum Gasteiger partial charge on any atom is -0.454 e. The molecule has 3 rings (SSSR count). The second kappa shape index (κ2) is 8.04. The van der Waals surface area contributed by atoms with E-state index in [2.05, 4.69) is 9.62 Å². The highest BCUT2D eigenvalue weighted by Gasteiger charge is 2.31. The number of carbonyl (C=O) groups excluding carboxylic acids is 1. The zero-order valence-corrected chi connectivity index (χ0v) is 16.8. The Morgan fingerprint density at radius 2 is 1.81 bits per heavy atom. The number of rotatable bonds is 6. The van der Waals surface area contributed by atoms with E-state index in [1.165, 1.54) is 12.1 Å². The fourth-order valence-corrected chi connectivity index (χ4v) is 4.43. The minimum atomic E-state index is -3.86. The molecule has 150 valence electrons. The SMILES string of the molecule is CC(C)C[C@H](NS(=O)(=O)c1ccc2c(c1)OCO2)C(=O)N1CCN(C)CC1. The van der Waals surface area contributed by atoms with Crippen molar-refractivity contribution in [2.45, 2.75) is 31.2 Å². The molecule has 0 unspecified atom stereocenters. The van der Waals surface area contributed by atoms with Gasteiger partial charge in [0, 0.05) is 32.2 Å². The summed E-state index contributed by atoms with van der Waals surface area (Å²) in [7, 11) is -1.85. The monoisotopic (exact) mass is 397 g/mol. The smallest absolute Gasteiger partial charge is 0.241 e. The molecular formula is C18H27N3O5S. The van der Waals surface area contributed by atoms with Gasteiger partial charge in [-0.05, 0) is 31.5 Å². The zero-order valence-electron chi connectivity index (χ0n) is 16.0. The van der Waals surface area contributed by atoms with Gasteiger partial charge in [-0.2, -0.15) is 4.72 Å². The lowest BCUT2D eigenvalue weighted by atomic mass is 10.0. The van der Waals surface area contributed by atoms with Gasteiger partial charge in [0.2, 0.25) is 22.7 Å². The van der Waals surface area contributed by atoms with Crippen molar-refractivity contribution in [3.63, 3.8) is 0 Å². The Bertz CT molecular complexity index is 788. The Labute approximate surface area is 160 Å². The van der Waals surface area contributed by atoms with E-state index >= 15 is 0 Å². The summed E-state index contributed by atoms with van der Waals surface area (Å²) in [5.74, 6) is 0.914. The molecule has 9 heteroatoms. The molecule has 0 spiro atoms. The maximum absolute atomic E-state index is 13.0. The molecule has 27 heavy (non-hydrogen) atoms. The summed E-state index contributed by atoms with van der Waals surface area (Å²) in [5.41, 5.74) is 0. The van der Waals surface area contributed by atoms with Crippen LogP contribution in [-0.4, -0.2) is 70.2 Å². The average Bonchev–Trinajstić information content (AvgIpc) is 3.08. The molecule has 0 radical (unpaired) electrons. The lowest BCUT2D eigenvalue weighted by molar-refractivity contribution is -0.135. The van der Waals surface area contributed by atoms with Gasteiger partial charge in [0.25, 0.3) is 0 Å². The lowest BCUT2D eigenvalue weighted by Crippen LogP contribution is -2.54. The van der Waals surface area contributed by atoms with Crippen molar-refractivity contribution < 1.29 is 22.7 Å². The first kappa shape index (κ1) is 19.9. The second-order valence-corrected chi connectivity index (χ2v) is 9.16. The van der Waals surface area contributed by atoms with Crippen molar-refractivity contribution in [3.8, 4) is 11.5 Å². The summed E-state index contributed by atoms with van der Waals surface area (Å²) in [5, 5.41) is 0. The maximum Gasteiger partial charge on any atom is 0.241 e. The number of carbonyl (C=O) groups is 1. The number of nitrogens with one attached hydrogen (secondary N) is 1. The highest BCUT2D eigenvalue weighted by Crippen LogP contribution is 2.33. The summed E-state index contributed by atoms with van der Waals surface area (Å²) >= 11 is 0. The number of fused-ring (bicyclic) bond motifs is 1. The van der Waals surface area contributed by atoms with Gasteiger partial charge < -0.3 is 19.3 Å². The first-order chi connectivity index (χ1) is 12.8. The summed E-state index contributed by atoms with van der Waals surface area (Å²) in [4.78, 5) is 16.9. The Hall–Kier alpha value is -1.84. The van der Waals surface area contributed by atoms with Crippen LogP contribution in [0.3, 0.4) is 0 Å². The van der Waals surface area contributed by atoms with Crippen LogP contribution in [0.15, 0.2) is 23.1 Å². The van der Waals surface area contributed by atoms with E-state index in [1.54, 1.807) is 11.0 Å². The van der Waals surface area contributed by atoms with Crippen LogP contribution in [0, 0.1) is 5.92 Å². The minimum absolute atomic E-state index is 0.0617. The van der Waals surface area contributed by atoms with Crippen molar-refractivity contribution in [2.24, 2.45) is 5.92 Å². The summed E-state index contributed by atoms with van der Waals surface area (Å²) in [6, 6.07) is 3.67. The quantitative estimate of drug-likeness (QED) is 0.767. The van der Waals surface area contributed by atoms with Crippen LogP contribution >= 0.6 is 0 Å². The number of hydrogen-bond acceptors (Lipinski definition) is 6. The normalized spacial score (nSPS) is 18.7. The van der Waals surface area contributed by atoms with E-state index in [4.69, 9.17) is 9.47 Å². The number of piperazine rings is 1. The molecule has 2 aliphatic heterocycles. The van der Waals surface area contributed by atoms with E-state index in [9.17, 15) is 13.2 Å². The number of ether oxygens (including phenoxy) is 2. The maximum atomic E-state index is 13.0. The van der Waals surface area contributed by atoms with Crippen LogP contribution in [0.25, 0.3) is 0 Å². The molecule has 0 saturated carbocycles. The van der Waals surface area contributed by atoms with Crippen molar-refractivity contribution in [3.05, 3.63) is 18.2 Å². The van der Waals surface area contributed by atoms with Gasteiger partial charge in [-0.25, -0.2) is 8.42 Å². The molecule has 1 aromatic carbocycles. The molecule has 0 aliphatic carbocycles. The van der Waals surface area contributed by atoms with Gasteiger partial charge in [-0.15, -0.1) is 0 Å². The summed E-state index contributed by atoms with van der Waals surface area (Å²) in [6.45, 7) is 6.80. The largest absolute Gasteiger partial charge is 0.454 e. The van der Waals surface area contributed by atoms with Gasteiger partial charge >= 0.3 is 0 Å². The second-order valence-electron chi connectivity index (χ2n) is 7.45. The van der Waals surface area contributed by atoms with Crippen molar-refractivity contribution in [2.75, 3.05) is 40.0 Å². The van der Waals surface area contributed by atoms with Crippen LogP contribution < -0.4 is 14.2 Å².